The average molecular weight is 242 g/mol. The number of ketones is 1. The molecule has 0 bridgehead atoms. The van der Waals surface area contributed by atoms with E-state index in [0.29, 0.717) is 6.42 Å². The van der Waals surface area contributed by atoms with Crippen molar-refractivity contribution in [2.45, 2.75) is 11.3 Å². The Hall–Kier alpha value is -1.54. The summed E-state index contributed by atoms with van der Waals surface area (Å²) >= 11 is 1.65. The largest absolute Gasteiger partial charge is 0.294 e. The molecule has 17 heavy (non-hydrogen) atoms. The van der Waals surface area contributed by atoms with Crippen LogP contribution in [0.2, 0.25) is 0 Å². The van der Waals surface area contributed by atoms with Gasteiger partial charge in [0.2, 0.25) is 0 Å². The van der Waals surface area contributed by atoms with Gasteiger partial charge in [-0.2, -0.15) is 0 Å². The van der Waals surface area contributed by atoms with Crippen molar-refractivity contribution in [2.75, 3.05) is 6.26 Å². The van der Waals surface area contributed by atoms with Crippen LogP contribution in [0, 0.1) is 0 Å². The number of carbonyl (C=O) groups excluding carboxylic acids is 1. The van der Waals surface area contributed by atoms with E-state index in [0.717, 1.165) is 16.0 Å². The predicted molar refractivity (Wildman–Crippen MR) is 72.7 cm³/mol. The van der Waals surface area contributed by atoms with E-state index in [1.54, 1.807) is 11.8 Å². The molecule has 0 spiro atoms. The minimum atomic E-state index is 0.173. The number of hydrogen-bond donors (Lipinski definition) is 0. The van der Waals surface area contributed by atoms with Crippen LogP contribution in [0.4, 0.5) is 0 Å². The summed E-state index contributed by atoms with van der Waals surface area (Å²) < 4.78 is 0. The van der Waals surface area contributed by atoms with Gasteiger partial charge in [0.15, 0.2) is 5.78 Å². The Balaban J connectivity index is 2.14. The molecule has 0 saturated carbocycles. The van der Waals surface area contributed by atoms with E-state index in [4.69, 9.17) is 0 Å². The Kier molecular flexibility index (Phi) is 3.99. The van der Waals surface area contributed by atoms with Gasteiger partial charge in [0.05, 0.1) is 0 Å². The lowest BCUT2D eigenvalue weighted by Gasteiger charge is -2.03. The summed E-state index contributed by atoms with van der Waals surface area (Å²) in [5.74, 6) is 0.173. The highest BCUT2D eigenvalue weighted by atomic mass is 32.2. The van der Waals surface area contributed by atoms with Crippen molar-refractivity contribution in [1.82, 2.24) is 0 Å². The zero-order valence-corrected chi connectivity index (χ0v) is 10.5. The van der Waals surface area contributed by atoms with Crippen LogP contribution in [-0.4, -0.2) is 12.0 Å². The topological polar surface area (TPSA) is 17.1 Å². The van der Waals surface area contributed by atoms with Gasteiger partial charge < -0.3 is 0 Å². The number of benzene rings is 2. The van der Waals surface area contributed by atoms with Gasteiger partial charge in [-0.3, -0.25) is 4.79 Å². The Morgan fingerprint density at radius 2 is 1.82 bits per heavy atom. The Labute approximate surface area is 106 Å². The number of rotatable bonds is 4. The molecule has 0 unspecified atom stereocenters. The van der Waals surface area contributed by atoms with Crippen LogP contribution in [0.15, 0.2) is 59.5 Å². The maximum Gasteiger partial charge on any atom is 0.167 e. The van der Waals surface area contributed by atoms with E-state index in [2.05, 4.69) is 0 Å². The molecular formula is C15H14OS. The molecule has 0 saturated heterocycles. The van der Waals surface area contributed by atoms with Crippen molar-refractivity contribution >= 4 is 17.5 Å². The first kappa shape index (κ1) is 11.9. The first-order valence-corrected chi connectivity index (χ1v) is 6.73. The SMILES string of the molecule is CSc1cccc(C(=O)Cc2ccccc2)c1. The van der Waals surface area contributed by atoms with Gasteiger partial charge in [-0.25, -0.2) is 0 Å². The minimum absolute atomic E-state index is 0.173. The Morgan fingerprint density at radius 3 is 2.53 bits per heavy atom. The summed E-state index contributed by atoms with van der Waals surface area (Å²) in [6.07, 6.45) is 2.49. The quantitative estimate of drug-likeness (QED) is 0.598. The molecule has 0 N–H and O–H groups in total. The number of hydrogen-bond acceptors (Lipinski definition) is 2. The Bertz CT molecular complexity index is 505. The lowest BCUT2D eigenvalue weighted by Crippen LogP contribution is -2.03. The lowest BCUT2D eigenvalue weighted by molar-refractivity contribution is 0.0993. The molecule has 1 nitrogen and oxygen atoms in total. The molecule has 2 aromatic rings. The summed E-state index contributed by atoms with van der Waals surface area (Å²) in [6.45, 7) is 0. The number of thioether (sulfide) groups is 1. The van der Waals surface area contributed by atoms with Crippen LogP contribution >= 0.6 is 11.8 Å². The van der Waals surface area contributed by atoms with Crippen LogP contribution in [0.5, 0.6) is 0 Å². The maximum atomic E-state index is 12.1. The van der Waals surface area contributed by atoms with Gasteiger partial charge in [0.25, 0.3) is 0 Å². The summed E-state index contributed by atoms with van der Waals surface area (Å²) in [5, 5.41) is 0. The fraction of sp³-hybridized carbons (Fsp3) is 0.133. The zero-order chi connectivity index (χ0) is 12.1. The van der Waals surface area contributed by atoms with Crippen LogP contribution in [0.3, 0.4) is 0 Å². The first-order chi connectivity index (χ1) is 8.29. The van der Waals surface area contributed by atoms with E-state index in [9.17, 15) is 4.79 Å². The van der Waals surface area contributed by atoms with Crippen LogP contribution in [0.25, 0.3) is 0 Å². The van der Waals surface area contributed by atoms with Crippen molar-refractivity contribution in [3.05, 3.63) is 65.7 Å². The second-order valence-corrected chi connectivity index (χ2v) is 4.70. The van der Waals surface area contributed by atoms with E-state index in [1.165, 1.54) is 0 Å². The van der Waals surface area contributed by atoms with Crippen molar-refractivity contribution < 1.29 is 4.79 Å². The van der Waals surface area contributed by atoms with Gasteiger partial charge in [-0.05, 0) is 24.0 Å². The van der Waals surface area contributed by atoms with Crippen LogP contribution < -0.4 is 0 Å². The third kappa shape index (κ3) is 3.21. The fourth-order valence-electron chi connectivity index (χ4n) is 1.68. The van der Waals surface area contributed by atoms with Gasteiger partial charge in [0, 0.05) is 16.9 Å². The zero-order valence-electron chi connectivity index (χ0n) is 9.72. The van der Waals surface area contributed by atoms with Crippen molar-refractivity contribution in [3.8, 4) is 0 Å². The Morgan fingerprint density at radius 1 is 1.06 bits per heavy atom. The molecule has 0 aliphatic carbocycles. The molecule has 2 heteroatoms. The monoisotopic (exact) mass is 242 g/mol. The molecule has 0 aromatic heterocycles. The van der Waals surface area contributed by atoms with Crippen molar-refractivity contribution in [2.24, 2.45) is 0 Å². The molecular weight excluding hydrogens is 228 g/mol. The standard InChI is InChI=1S/C15H14OS/c1-17-14-9-5-8-13(11-14)15(16)10-12-6-3-2-4-7-12/h2-9,11H,10H2,1H3. The van der Waals surface area contributed by atoms with Crippen molar-refractivity contribution in [3.63, 3.8) is 0 Å². The fourth-order valence-corrected chi connectivity index (χ4v) is 2.14. The van der Waals surface area contributed by atoms with E-state index in [-0.39, 0.29) is 5.78 Å². The summed E-state index contributed by atoms with van der Waals surface area (Å²) in [4.78, 5) is 13.2. The minimum Gasteiger partial charge on any atom is -0.294 e. The van der Waals surface area contributed by atoms with E-state index in [1.807, 2.05) is 60.9 Å². The second-order valence-electron chi connectivity index (χ2n) is 3.82. The van der Waals surface area contributed by atoms with Crippen molar-refractivity contribution in [1.29, 1.82) is 0 Å². The molecule has 0 heterocycles. The molecule has 2 aromatic carbocycles. The molecule has 86 valence electrons. The third-order valence-electron chi connectivity index (χ3n) is 2.60. The van der Waals surface area contributed by atoms with Gasteiger partial charge in [-0.15, -0.1) is 11.8 Å². The van der Waals surface area contributed by atoms with Gasteiger partial charge in [-0.1, -0.05) is 42.5 Å². The van der Waals surface area contributed by atoms with Crippen LogP contribution in [0.1, 0.15) is 15.9 Å². The molecule has 0 amide bonds. The molecule has 2 rings (SSSR count). The molecule has 0 aliphatic rings. The highest BCUT2D eigenvalue weighted by Gasteiger charge is 2.07. The number of carbonyl (C=O) groups is 1. The molecule has 0 fully saturated rings. The normalized spacial score (nSPS) is 10.2. The highest BCUT2D eigenvalue weighted by Crippen LogP contribution is 2.17. The van der Waals surface area contributed by atoms with Gasteiger partial charge in [0.1, 0.15) is 0 Å². The van der Waals surface area contributed by atoms with E-state index < -0.39 is 0 Å². The molecule has 0 radical (unpaired) electrons. The van der Waals surface area contributed by atoms with E-state index >= 15 is 0 Å². The van der Waals surface area contributed by atoms with Gasteiger partial charge >= 0.3 is 0 Å². The summed E-state index contributed by atoms with van der Waals surface area (Å²) in [7, 11) is 0. The average Bonchev–Trinajstić information content (AvgIpc) is 2.40. The predicted octanol–water partition coefficient (Wildman–Crippen LogP) is 3.83. The molecule has 0 aliphatic heterocycles. The summed E-state index contributed by atoms with van der Waals surface area (Å²) in [5.41, 5.74) is 1.85. The summed E-state index contributed by atoms with van der Waals surface area (Å²) in [6, 6.07) is 17.6. The van der Waals surface area contributed by atoms with Crippen LogP contribution in [-0.2, 0) is 6.42 Å². The highest BCUT2D eigenvalue weighted by molar-refractivity contribution is 7.98. The first-order valence-electron chi connectivity index (χ1n) is 5.51. The lowest BCUT2D eigenvalue weighted by atomic mass is 10.0. The second kappa shape index (κ2) is 5.69. The smallest absolute Gasteiger partial charge is 0.167 e. The number of Topliss-reactive ketones (excluding diaryl/α,β-unsaturated/α-hetero) is 1. The maximum absolute atomic E-state index is 12.1. The third-order valence-corrected chi connectivity index (χ3v) is 3.32. The molecule has 0 atom stereocenters.